The lowest BCUT2D eigenvalue weighted by Gasteiger charge is -2.30. The van der Waals surface area contributed by atoms with Crippen LogP contribution in [-0.4, -0.2) is 41.1 Å². The number of hydrogen-bond donors (Lipinski definition) is 1. The number of aromatic nitrogens is 2. The Kier molecular flexibility index (Phi) is 4.57. The topological polar surface area (TPSA) is 33.1 Å². The van der Waals surface area contributed by atoms with E-state index in [1.807, 2.05) is 6.33 Å². The largest absolute Gasteiger partial charge is 0.333 e. The van der Waals surface area contributed by atoms with Crippen LogP contribution in [0.15, 0.2) is 12.5 Å². The number of hydrogen-bond acceptors (Lipinski definition) is 3. The zero-order chi connectivity index (χ0) is 12.1. The molecular weight excluding hydrogens is 212 g/mol. The summed E-state index contributed by atoms with van der Waals surface area (Å²) >= 11 is 0. The summed E-state index contributed by atoms with van der Waals surface area (Å²) in [5.74, 6) is 0. The van der Waals surface area contributed by atoms with Gasteiger partial charge in [-0.15, -0.1) is 0 Å². The van der Waals surface area contributed by atoms with Gasteiger partial charge in [-0.3, -0.25) is 0 Å². The molecule has 1 saturated heterocycles. The summed E-state index contributed by atoms with van der Waals surface area (Å²) in [5.41, 5.74) is 1.16. The molecule has 1 aliphatic rings. The van der Waals surface area contributed by atoms with E-state index in [-0.39, 0.29) is 0 Å². The molecule has 1 aliphatic heterocycles. The Morgan fingerprint density at radius 3 is 3.18 bits per heavy atom. The Labute approximate surface area is 104 Å². The number of nitrogens with one attached hydrogen (secondary N) is 1. The predicted octanol–water partition coefficient (Wildman–Crippen LogP) is 1.65. The van der Waals surface area contributed by atoms with Gasteiger partial charge in [-0.05, 0) is 39.4 Å². The van der Waals surface area contributed by atoms with Crippen LogP contribution in [0.4, 0.5) is 0 Å². The Bertz CT molecular complexity index is 334. The van der Waals surface area contributed by atoms with Crippen molar-refractivity contribution in [2.24, 2.45) is 0 Å². The first-order valence-corrected chi connectivity index (χ1v) is 6.71. The maximum Gasteiger partial charge on any atom is 0.0953 e. The van der Waals surface area contributed by atoms with Gasteiger partial charge in [0.25, 0.3) is 0 Å². The lowest BCUT2D eigenvalue weighted by Crippen LogP contribution is -2.33. The van der Waals surface area contributed by atoms with Crippen LogP contribution in [0.2, 0.25) is 0 Å². The average molecular weight is 236 g/mol. The molecule has 96 valence electrons. The van der Waals surface area contributed by atoms with E-state index >= 15 is 0 Å². The fourth-order valence-corrected chi connectivity index (χ4v) is 2.45. The van der Waals surface area contributed by atoms with E-state index in [1.165, 1.54) is 25.8 Å². The minimum absolute atomic E-state index is 0.612. The van der Waals surface area contributed by atoms with Gasteiger partial charge in [0, 0.05) is 25.3 Å². The van der Waals surface area contributed by atoms with Crippen molar-refractivity contribution in [1.29, 1.82) is 0 Å². The van der Waals surface area contributed by atoms with Gasteiger partial charge in [-0.2, -0.15) is 0 Å². The minimum Gasteiger partial charge on any atom is -0.333 e. The maximum atomic E-state index is 4.47. The van der Waals surface area contributed by atoms with Crippen LogP contribution < -0.4 is 5.32 Å². The summed E-state index contributed by atoms with van der Waals surface area (Å²) in [6.07, 6.45) is 7.94. The van der Waals surface area contributed by atoms with E-state index in [4.69, 9.17) is 0 Å². The zero-order valence-electron chi connectivity index (χ0n) is 11.0. The second kappa shape index (κ2) is 6.17. The van der Waals surface area contributed by atoms with Gasteiger partial charge in [-0.25, -0.2) is 4.98 Å². The Balaban J connectivity index is 1.88. The van der Waals surface area contributed by atoms with Gasteiger partial charge in [-0.1, -0.05) is 6.92 Å². The second-order valence-corrected chi connectivity index (χ2v) is 5.05. The number of likely N-dealkylation sites (N-methyl/N-ethyl adjacent to an activating group) is 1. The van der Waals surface area contributed by atoms with Crippen LogP contribution in [-0.2, 0) is 6.54 Å². The Morgan fingerprint density at radius 2 is 2.41 bits per heavy atom. The standard InChI is InChI=1S/C13H24N4/c1-3-6-14-8-12-9-17(11-15-12)13-5-4-7-16(2)10-13/h9,11,13-14H,3-8,10H2,1-2H3. The summed E-state index contributed by atoms with van der Waals surface area (Å²) < 4.78 is 2.29. The van der Waals surface area contributed by atoms with Crippen molar-refractivity contribution in [3.63, 3.8) is 0 Å². The van der Waals surface area contributed by atoms with E-state index < -0.39 is 0 Å². The fraction of sp³-hybridized carbons (Fsp3) is 0.769. The average Bonchev–Trinajstić information content (AvgIpc) is 2.78. The highest BCUT2D eigenvalue weighted by Crippen LogP contribution is 2.20. The molecule has 0 aliphatic carbocycles. The van der Waals surface area contributed by atoms with E-state index in [0.717, 1.165) is 25.3 Å². The van der Waals surface area contributed by atoms with Crippen molar-refractivity contribution in [2.45, 2.75) is 38.8 Å². The molecule has 1 unspecified atom stereocenters. The summed E-state index contributed by atoms with van der Waals surface area (Å²) in [5, 5.41) is 3.39. The molecule has 1 aromatic rings. The van der Waals surface area contributed by atoms with Crippen LogP contribution >= 0.6 is 0 Å². The summed E-state index contributed by atoms with van der Waals surface area (Å²) in [4.78, 5) is 6.88. The molecule has 2 rings (SSSR count). The smallest absolute Gasteiger partial charge is 0.0953 e. The molecule has 1 aromatic heterocycles. The van der Waals surface area contributed by atoms with Crippen molar-refractivity contribution < 1.29 is 0 Å². The molecule has 0 bridgehead atoms. The van der Waals surface area contributed by atoms with Gasteiger partial charge in [0.1, 0.15) is 0 Å². The van der Waals surface area contributed by atoms with Crippen LogP contribution in [0.25, 0.3) is 0 Å². The monoisotopic (exact) mass is 236 g/mol. The van der Waals surface area contributed by atoms with E-state index in [9.17, 15) is 0 Å². The Hall–Kier alpha value is -0.870. The molecule has 0 saturated carbocycles. The lowest BCUT2D eigenvalue weighted by atomic mass is 10.1. The van der Waals surface area contributed by atoms with Crippen molar-refractivity contribution in [3.8, 4) is 0 Å². The fourth-order valence-electron chi connectivity index (χ4n) is 2.45. The highest BCUT2D eigenvalue weighted by molar-refractivity contribution is 4.98. The highest BCUT2D eigenvalue weighted by atomic mass is 15.2. The maximum absolute atomic E-state index is 4.47. The molecule has 0 radical (unpaired) electrons. The van der Waals surface area contributed by atoms with E-state index in [2.05, 4.69) is 39.9 Å². The molecule has 4 nitrogen and oxygen atoms in total. The molecule has 1 fully saturated rings. The van der Waals surface area contributed by atoms with Gasteiger partial charge in [0.15, 0.2) is 0 Å². The third-order valence-corrected chi connectivity index (χ3v) is 3.41. The predicted molar refractivity (Wildman–Crippen MR) is 70.0 cm³/mol. The number of rotatable bonds is 5. The van der Waals surface area contributed by atoms with Gasteiger partial charge in [0.2, 0.25) is 0 Å². The molecule has 2 heterocycles. The number of imidazole rings is 1. The van der Waals surface area contributed by atoms with Crippen molar-refractivity contribution >= 4 is 0 Å². The van der Waals surface area contributed by atoms with E-state index in [1.54, 1.807) is 0 Å². The van der Waals surface area contributed by atoms with Gasteiger partial charge < -0.3 is 14.8 Å². The molecule has 0 aromatic carbocycles. The number of nitrogens with zero attached hydrogens (tertiary/aromatic N) is 3. The van der Waals surface area contributed by atoms with Crippen LogP contribution in [0.1, 0.15) is 37.9 Å². The van der Waals surface area contributed by atoms with Crippen LogP contribution in [0.5, 0.6) is 0 Å². The highest BCUT2D eigenvalue weighted by Gasteiger charge is 2.18. The number of piperidine rings is 1. The van der Waals surface area contributed by atoms with E-state index in [0.29, 0.717) is 6.04 Å². The summed E-state index contributed by atoms with van der Waals surface area (Å²) in [6, 6.07) is 0.612. The minimum atomic E-state index is 0.612. The van der Waals surface area contributed by atoms with Crippen LogP contribution in [0.3, 0.4) is 0 Å². The quantitative estimate of drug-likeness (QED) is 0.789. The molecule has 0 amide bonds. The molecule has 1 atom stereocenters. The third-order valence-electron chi connectivity index (χ3n) is 3.41. The van der Waals surface area contributed by atoms with Gasteiger partial charge in [0.05, 0.1) is 12.0 Å². The first-order valence-electron chi connectivity index (χ1n) is 6.71. The van der Waals surface area contributed by atoms with Crippen molar-refractivity contribution in [1.82, 2.24) is 19.8 Å². The first kappa shape index (κ1) is 12.6. The summed E-state index contributed by atoms with van der Waals surface area (Å²) in [6.45, 7) is 6.53. The Morgan fingerprint density at radius 1 is 1.53 bits per heavy atom. The molecule has 4 heteroatoms. The van der Waals surface area contributed by atoms with Gasteiger partial charge >= 0.3 is 0 Å². The second-order valence-electron chi connectivity index (χ2n) is 5.05. The molecule has 0 spiro atoms. The molecule has 1 N–H and O–H groups in total. The number of likely N-dealkylation sites (tertiary alicyclic amines) is 1. The first-order chi connectivity index (χ1) is 8.29. The normalized spacial score (nSPS) is 21.9. The van der Waals surface area contributed by atoms with Crippen LogP contribution in [0, 0.1) is 0 Å². The third kappa shape index (κ3) is 3.54. The summed E-state index contributed by atoms with van der Waals surface area (Å²) in [7, 11) is 2.20. The zero-order valence-corrected chi connectivity index (χ0v) is 11.0. The van der Waals surface area contributed by atoms with Crippen molar-refractivity contribution in [3.05, 3.63) is 18.2 Å². The molecular formula is C13H24N4. The molecule has 17 heavy (non-hydrogen) atoms. The van der Waals surface area contributed by atoms with Crippen molar-refractivity contribution in [2.75, 3.05) is 26.7 Å². The lowest BCUT2D eigenvalue weighted by molar-refractivity contribution is 0.212. The SMILES string of the molecule is CCCNCc1cn(C2CCCN(C)C2)cn1.